The minimum Gasteiger partial charge on any atom is -0.395 e. The molecule has 0 saturated heterocycles. The quantitative estimate of drug-likeness (QED) is 0.400. The van der Waals surface area contributed by atoms with E-state index in [0.29, 0.717) is 29.6 Å². The van der Waals surface area contributed by atoms with Gasteiger partial charge in [0, 0.05) is 36.1 Å². The minimum absolute atomic E-state index is 0.0384. The predicted molar refractivity (Wildman–Crippen MR) is 146 cm³/mol. The van der Waals surface area contributed by atoms with E-state index in [-0.39, 0.29) is 12.2 Å². The molecule has 37 heavy (non-hydrogen) atoms. The van der Waals surface area contributed by atoms with E-state index in [2.05, 4.69) is 52.5 Å². The van der Waals surface area contributed by atoms with Gasteiger partial charge in [0.25, 0.3) is 5.56 Å². The molecule has 0 amide bonds. The lowest BCUT2D eigenvalue weighted by Crippen LogP contribution is -2.33. The van der Waals surface area contributed by atoms with Crippen molar-refractivity contribution in [3.05, 3.63) is 69.9 Å². The van der Waals surface area contributed by atoms with Crippen molar-refractivity contribution in [2.45, 2.75) is 58.0 Å². The second kappa shape index (κ2) is 9.72. The topological polar surface area (TPSA) is 101 Å². The number of aliphatic hydroxyl groups is 1. The fourth-order valence-corrected chi connectivity index (χ4v) is 5.02. The lowest BCUT2D eigenvalue weighted by molar-refractivity contribution is 0.215. The van der Waals surface area contributed by atoms with Gasteiger partial charge in [0.1, 0.15) is 5.39 Å². The van der Waals surface area contributed by atoms with Crippen LogP contribution in [-0.4, -0.2) is 61.1 Å². The SMILES string of the molecule is CCn1c(=O)c2cnc(Nc3ccc4c(c3)CCC(N(C)C)C4)nc2n1-c1ccnc(C(C)(C)CO)c1. The lowest BCUT2D eigenvalue weighted by atomic mass is 9.87. The van der Waals surface area contributed by atoms with Gasteiger partial charge in [-0.25, -0.2) is 14.3 Å². The number of hydrogen-bond donors (Lipinski definition) is 2. The highest BCUT2D eigenvalue weighted by molar-refractivity contribution is 5.77. The fraction of sp³-hybridized carbons (Fsp3) is 0.429. The summed E-state index contributed by atoms with van der Waals surface area (Å²) in [5.74, 6) is 0.432. The van der Waals surface area contributed by atoms with Crippen molar-refractivity contribution in [3.8, 4) is 5.69 Å². The lowest BCUT2D eigenvalue weighted by Gasteiger charge is -2.30. The van der Waals surface area contributed by atoms with Crippen LogP contribution in [-0.2, 0) is 24.8 Å². The first-order valence-electron chi connectivity index (χ1n) is 12.8. The molecule has 1 aliphatic rings. The van der Waals surface area contributed by atoms with Gasteiger partial charge in [-0.15, -0.1) is 0 Å². The zero-order valence-electron chi connectivity index (χ0n) is 22.2. The smallest absolute Gasteiger partial charge is 0.278 e. The Morgan fingerprint density at radius 1 is 1.16 bits per heavy atom. The molecule has 1 aromatic carbocycles. The van der Waals surface area contributed by atoms with Crippen LogP contribution in [0.25, 0.3) is 16.7 Å². The number of aryl methyl sites for hydroxylation is 1. The molecular formula is C28H35N7O2. The Morgan fingerprint density at radius 2 is 1.97 bits per heavy atom. The first-order valence-corrected chi connectivity index (χ1v) is 12.8. The summed E-state index contributed by atoms with van der Waals surface area (Å²) in [6.07, 6.45) is 6.54. The van der Waals surface area contributed by atoms with Gasteiger partial charge in [-0.1, -0.05) is 19.9 Å². The van der Waals surface area contributed by atoms with Crippen LogP contribution in [0.3, 0.4) is 0 Å². The molecule has 1 atom stereocenters. The molecule has 0 bridgehead atoms. The number of benzene rings is 1. The Labute approximate surface area is 216 Å². The third kappa shape index (κ3) is 4.65. The van der Waals surface area contributed by atoms with Crippen LogP contribution in [0, 0.1) is 0 Å². The second-order valence-electron chi connectivity index (χ2n) is 10.7. The first-order chi connectivity index (χ1) is 17.7. The zero-order valence-corrected chi connectivity index (χ0v) is 22.2. The molecule has 0 radical (unpaired) electrons. The van der Waals surface area contributed by atoms with Crippen LogP contribution < -0.4 is 10.9 Å². The molecule has 2 N–H and O–H groups in total. The van der Waals surface area contributed by atoms with Gasteiger partial charge < -0.3 is 15.3 Å². The number of pyridine rings is 1. The van der Waals surface area contributed by atoms with Crippen molar-refractivity contribution in [3.63, 3.8) is 0 Å². The van der Waals surface area contributed by atoms with E-state index >= 15 is 0 Å². The highest BCUT2D eigenvalue weighted by atomic mass is 16.3. The van der Waals surface area contributed by atoms with E-state index in [1.54, 1.807) is 17.1 Å². The van der Waals surface area contributed by atoms with E-state index in [1.165, 1.54) is 11.1 Å². The highest BCUT2D eigenvalue weighted by Crippen LogP contribution is 2.28. The van der Waals surface area contributed by atoms with E-state index in [0.717, 1.165) is 36.3 Å². The number of aromatic nitrogens is 5. The predicted octanol–water partition coefficient (Wildman–Crippen LogP) is 3.43. The van der Waals surface area contributed by atoms with Crippen LogP contribution in [0.5, 0.6) is 0 Å². The number of aliphatic hydroxyl groups excluding tert-OH is 1. The number of likely N-dealkylation sites (N-methyl/N-ethyl adjacent to an activating group) is 1. The van der Waals surface area contributed by atoms with E-state index in [9.17, 15) is 9.90 Å². The van der Waals surface area contributed by atoms with Crippen molar-refractivity contribution in [2.75, 3.05) is 26.0 Å². The Hall–Kier alpha value is -3.56. The number of rotatable bonds is 7. The Morgan fingerprint density at radius 3 is 2.70 bits per heavy atom. The molecule has 0 fully saturated rings. The normalized spacial score (nSPS) is 15.8. The minimum atomic E-state index is -0.517. The summed E-state index contributed by atoms with van der Waals surface area (Å²) in [6.45, 7) is 6.23. The number of fused-ring (bicyclic) bond motifs is 2. The van der Waals surface area contributed by atoms with Crippen LogP contribution in [0.4, 0.5) is 11.6 Å². The molecule has 0 aliphatic heterocycles. The highest BCUT2D eigenvalue weighted by Gasteiger charge is 2.24. The summed E-state index contributed by atoms with van der Waals surface area (Å²) in [5, 5.41) is 13.6. The van der Waals surface area contributed by atoms with Crippen molar-refractivity contribution in [2.24, 2.45) is 0 Å². The molecule has 5 rings (SSSR count). The van der Waals surface area contributed by atoms with Gasteiger partial charge in [0.05, 0.1) is 18.0 Å². The first kappa shape index (κ1) is 25.1. The number of nitrogens with zero attached hydrogens (tertiary/aromatic N) is 6. The maximum Gasteiger partial charge on any atom is 0.278 e. The molecule has 0 spiro atoms. The van der Waals surface area contributed by atoms with Crippen LogP contribution in [0.2, 0.25) is 0 Å². The van der Waals surface area contributed by atoms with E-state index < -0.39 is 5.41 Å². The van der Waals surface area contributed by atoms with Gasteiger partial charge >= 0.3 is 0 Å². The molecule has 9 nitrogen and oxygen atoms in total. The monoisotopic (exact) mass is 501 g/mol. The third-order valence-electron chi connectivity index (χ3n) is 7.45. The van der Waals surface area contributed by atoms with Crippen molar-refractivity contribution in [1.82, 2.24) is 29.2 Å². The van der Waals surface area contributed by atoms with Gasteiger partial charge in [-0.2, -0.15) is 4.98 Å². The summed E-state index contributed by atoms with van der Waals surface area (Å²) in [4.78, 5) is 29.2. The molecule has 1 aliphatic carbocycles. The van der Waals surface area contributed by atoms with Crippen molar-refractivity contribution >= 4 is 22.7 Å². The number of nitrogens with one attached hydrogen (secondary N) is 1. The van der Waals surface area contributed by atoms with Gasteiger partial charge in [-0.05, 0) is 75.7 Å². The fourth-order valence-electron chi connectivity index (χ4n) is 5.02. The molecule has 4 aromatic rings. The molecule has 1 unspecified atom stereocenters. The Bertz CT molecular complexity index is 1500. The van der Waals surface area contributed by atoms with E-state index in [4.69, 9.17) is 4.98 Å². The van der Waals surface area contributed by atoms with Crippen LogP contribution in [0.1, 0.15) is 44.0 Å². The average Bonchev–Trinajstić information content (AvgIpc) is 3.19. The summed E-state index contributed by atoms with van der Waals surface area (Å²) < 4.78 is 3.46. The molecule has 3 heterocycles. The largest absolute Gasteiger partial charge is 0.395 e. The van der Waals surface area contributed by atoms with Crippen LogP contribution in [0.15, 0.2) is 47.5 Å². The second-order valence-corrected chi connectivity index (χ2v) is 10.7. The molecule has 0 saturated carbocycles. The van der Waals surface area contributed by atoms with Gasteiger partial charge in [0.2, 0.25) is 5.95 Å². The van der Waals surface area contributed by atoms with Crippen LogP contribution >= 0.6 is 0 Å². The van der Waals surface area contributed by atoms with Crippen molar-refractivity contribution < 1.29 is 5.11 Å². The summed E-state index contributed by atoms with van der Waals surface area (Å²) in [5.41, 5.74) is 5.03. The van der Waals surface area contributed by atoms with Crippen molar-refractivity contribution in [1.29, 1.82) is 0 Å². The molecular weight excluding hydrogens is 466 g/mol. The number of anilines is 2. The maximum atomic E-state index is 13.2. The molecule has 9 heteroatoms. The van der Waals surface area contributed by atoms with Gasteiger partial charge in [0.15, 0.2) is 5.65 Å². The van der Waals surface area contributed by atoms with E-state index in [1.807, 2.05) is 37.6 Å². The Kier molecular flexibility index (Phi) is 6.59. The summed E-state index contributed by atoms with van der Waals surface area (Å²) in [7, 11) is 4.29. The summed E-state index contributed by atoms with van der Waals surface area (Å²) >= 11 is 0. The zero-order chi connectivity index (χ0) is 26.3. The maximum absolute atomic E-state index is 13.2. The molecule has 194 valence electrons. The van der Waals surface area contributed by atoms with Gasteiger partial charge in [-0.3, -0.25) is 9.78 Å². The average molecular weight is 502 g/mol. The number of hydrogen-bond acceptors (Lipinski definition) is 7. The molecule has 3 aromatic heterocycles. The summed E-state index contributed by atoms with van der Waals surface area (Å²) in [6, 6.07) is 10.8. The third-order valence-corrected chi connectivity index (χ3v) is 7.45. The Balaban J connectivity index is 1.53. The standard InChI is InChI=1S/C28H35N7O2/c1-6-34-26(37)23-16-30-27(31-20-9-7-19-14-21(33(4)5)10-8-18(19)13-20)32-25(23)35(34)22-11-12-29-24(15-22)28(2,3)17-36/h7,9,11-13,15-16,21,36H,6,8,10,14,17H2,1-5H3,(H,30,31,32).